The Labute approximate surface area is 347 Å². The summed E-state index contributed by atoms with van der Waals surface area (Å²) in [5, 5.41) is 36.0. The van der Waals surface area contributed by atoms with Crippen LogP contribution in [-0.2, 0) is 36.8 Å². The smallest absolute Gasteiger partial charge is 0.243 e. The molecule has 1 saturated carbocycles. The van der Waals surface area contributed by atoms with Crippen LogP contribution in [0.2, 0.25) is 0 Å². The van der Waals surface area contributed by atoms with Crippen LogP contribution in [0.25, 0.3) is 10.8 Å². The number of carbonyl (C=O) groups excluding carboxylic acids is 4. The molecule has 0 radical (unpaired) electrons. The van der Waals surface area contributed by atoms with Crippen LogP contribution in [0.1, 0.15) is 96.7 Å². The number of aromatic nitrogens is 1. The Morgan fingerprint density at radius 2 is 1.69 bits per heavy atom. The van der Waals surface area contributed by atoms with Crippen molar-refractivity contribution in [1.82, 2.24) is 25.8 Å². The van der Waals surface area contributed by atoms with Gasteiger partial charge in [0.1, 0.15) is 6.04 Å². The minimum absolute atomic E-state index is 0.0411. The SMILES string of the molecule is CCC(C)CNC(=O)C(CC(O)C(CC1CCCCC1)NC(=O)C(Cc1cscn1)NC(=O)C(CC(=O)N1CCOCC1)Cc1cccc2ccccc12)C(C)(C)O. The zero-order valence-corrected chi connectivity index (χ0v) is 35.6. The van der Waals surface area contributed by atoms with E-state index in [0.29, 0.717) is 45.0 Å². The summed E-state index contributed by atoms with van der Waals surface area (Å²) < 4.78 is 5.47. The van der Waals surface area contributed by atoms with Crippen LogP contribution in [0.4, 0.5) is 0 Å². The summed E-state index contributed by atoms with van der Waals surface area (Å²) >= 11 is 1.39. The van der Waals surface area contributed by atoms with E-state index in [4.69, 9.17) is 4.74 Å². The Morgan fingerprint density at radius 3 is 2.38 bits per heavy atom. The van der Waals surface area contributed by atoms with Gasteiger partial charge in [-0.2, -0.15) is 0 Å². The quantitative estimate of drug-likeness (QED) is 0.104. The molecule has 5 rings (SSSR count). The maximum Gasteiger partial charge on any atom is 0.243 e. The Morgan fingerprint density at radius 1 is 0.966 bits per heavy atom. The highest BCUT2D eigenvalue weighted by Crippen LogP contribution is 2.31. The van der Waals surface area contributed by atoms with Gasteiger partial charge in [-0.05, 0) is 61.3 Å². The average molecular weight is 820 g/mol. The zero-order valence-electron chi connectivity index (χ0n) is 34.8. The highest BCUT2D eigenvalue weighted by Gasteiger charge is 2.39. The number of nitrogens with one attached hydrogen (secondary N) is 3. The number of carbonyl (C=O) groups is 4. The molecule has 0 bridgehead atoms. The number of nitrogens with zero attached hydrogens (tertiary/aromatic N) is 2. The van der Waals surface area contributed by atoms with Gasteiger partial charge in [0.2, 0.25) is 23.6 Å². The minimum Gasteiger partial charge on any atom is -0.391 e. The lowest BCUT2D eigenvalue weighted by Gasteiger charge is -2.35. The maximum atomic E-state index is 14.5. The molecule has 5 N–H and O–H groups in total. The molecule has 2 aromatic carbocycles. The molecule has 12 nitrogen and oxygen atoms in total. The van der Waals surface area contributed by atoms with Crippen molar-refractivity contribution in [1.29, 1.82) is 0 Å². The van der Waals surface area contributed by atoms with Crippen molar-refractivity contribution in [3.63, 3.8) is 0 Å². The van der Waals surface area contributed by atoms with Gasteiger partial charge < -0.3 is 35.8 Å². The van der Waals surface area contributed by atoms with Crippen LogP contribution < -0.4 is 16.0 Å². The van der Waals surface area contributed by atoms with Gasteiger partial charge in [-0.15, -0.1) is 11.3 Å². The zero-order chi connectivity index (χ0) is 41.7. The summed E-state index contributed by atoms with van der Waals surface area (Å²) in [5.74, 6) is -2.58. The lowest BCUT2D eigenvalue weighted by molar-refractivity contribution is -0.140. The van der Waals surface area contributed by atoms with Gasteiger partial charge in [0.15, 0.2) is 0 Å². The fraction of sp³-hybridized carbons (Fsp3) is 0.622. The minimum atomic E-state index is -1.43. The first-order valence-corrected chi connectivity index (χ1v) is 22.2. The Balaban J connectivity index is 1.40. The molecule has 3 aromatic rings. The Hall–Kier alpha value is -3.91. The van der Waals surface area contributed by atoms with Crippen molar-refractivity contribution in [2.75, 3.05) is 32.8 Å². The molecule has 1 aromatic heterocycles. The summed E-state index contributed by atoms with van der Waals surface area (Å²) in [6.45, 7) is 9.47. The molecule has 13 heteroatoms. The summed E-state index contributed by atoms with van der Waals surface area (Å²) in [4.78, 5) is 62.4. The van der Waals surface area contributed by atoms with E-state index < -0.39 is 47.4 Å². The normalized spacial score (nSPS) is 18.4. The number of benzene rings is 2. The van der Waals surface area contributed by atoms with E-state index in [0.717, 1.165) is 54.9 Å². The van der Waals surface area contributed by atoms with Gasteiger partial charge in [0.05, 0.1) is 54.0 Å². The third-order valence-corrected chi connectivity index (χ3v) is 12.7. The first-order chi connectivity index (χ1) is 27.8. The predicted octanol–water partition coefficient (Wildman–Crippen LogP) is 5.19. The summed E-state index contributed by atoms with van der Waals surface area (Å²) in [6.07, 6.45) is 5.72. The van der Waals surface area contributed by atoms with Crippen molar-refractivity contribution < 1.29 is 34.1 Å². The second-order valence-electron chi connectivity index (χ2n) is 17.1. The fourth-order valence-electron chi connectivity index (χ4n) is 8.23. The third-order valence-electron chi connectivity index (χ3n) is 12.1. The molecule has 0 spiro atoms. The van der Waals surface area contributed by atoms with Gasteiger partial charge in [-0.3, -0.25) is 19.2 Å². The van der Waals surface area contributed by atoms with E-state index in [1.54, 1.807) is 24.3 Å². The molecular formula is C45H65N5O7S. The van der Waals surface area contributed by atoms with Crippen LogP contribution in [0, 0.1) is 23.7 Å². The lowest BCUT2D eigenvalue weighted by atomic mass is 9.80. The molecule has 1 aliphatic carbocycles. The maximum absolute atomic E-state index is 14.5. The largest absolute Gasteiger partial charge is 0.391 e. The number of thiazole rings is 1. The first-order valence-electron chi connectivity index (χ1n) is 21.3. The Bertz CT molecular complexity index is 1760. The van der Waals surface area contributed by atoms with Gasteiger partial charge in [-0.1, -0.05) is 94.8 Å². The number of rotatable bonds is 20. The van der Waals surface area contributed by atoms with Crippen molar-refractivity contribution in [2.45, 2.75) is 122 Å². The second kappa shape index (κ2) is 21.9. The van der Waals surface area contributed by atoms with Gasteiger partial charge >= 0.3 is 0 Å². The molecule has 2 fully saturated rings. The van der Waals surface area contributed by atoms with Crippen molar-refractivity contribution >= 4 is 45.7 Å². The third kappa shape index (κ3) is 13.3. The number of hydrogen-bond acceptors (Lipinski definition) is 9. The summed E-state index contributed by atoms with van der Waals surface area (Å²) in [5.41, 5.74) is 1.80. The standard InChI is InChI=1S/C45H65N5O7S/c1-5-30(2)27-46-43(54)37(45(3,4)56)26-40(51)38(22-31-12-7-6-8-13-31)48-44(55)39(25-35-28-58-29-47-35)49-42(53)34(24-41(52)50-18-20-57-21-19-50)23-33-16-11-15-32-14-9-10-17-36(32)33/h9-11,14-17,28-31,34,37-40,51,56H,5-8,12-13,18-27H2,1-4H3,(H,46,54)(H,48,55)(H,49,53). The number of fused-ring (bicyclic) bond motifs is 1. The molecule has 58 heavy (non-hydrogen) atoms. The number of aliphatic hydroxyl groups excluding tert-OH is 1. The molecule has 6 unspecified atom stereocenters. The predicted molar refractivity (Wildman–Crippen MR) is 227 cm³/mol. The molecule has 1 aliphatic heterocycles. The Kier molecular flexibility index (Phi) is 17.1. The van der Waals surface area contributed by atoms with E-state index >= 15 is 0 Å². The van der Waals surface area contributed by atoms with Crippen molar-refractivity contribution in [3.8, 4) is 0 Å². The second-order valence-corrected chi connectivity index (χ2v) is 17.8. The van der Waals surface area contributed by atoms with E-state index in [1.165, 1.54) is 11.3 Å². The van der Waals surface area contributed by atoms with Crippen LogP contribution in [0.15, 0.2) is 53.4 Å². The highest BCUT2D eigenvalue weighted by atomic mass is 32.1. The number of amides is 4. The van der Waals surface area contributed by atoms with E-state index in [9.17, 15) is 29.4 Å². The average Bonchev–Trinajstić information content (AvgIpc) is 3.74. The van der Waals surface area contributed by atoms with Gasteiger partial charge in [0.25, 0.3) is 0 Å². The highest BCUT2D eigenvalue weighted by molar-refractivity contribution is 7.07. The lowest BCUT2D eigenvalue weighted by Crippen LogP contribution is -2.56. The van der Waals surface area contributed by atoms with Crippen LogP contribution in [0.3, 0.4) is 0 Å². The molecule has 4 amide bonds. The molecule has 6 atom stereocenters. The van der Waals surface area contributed by atoms with Crippen LogP contribution >= 0.6 is 11.3 Å². The van der Waals surface area contributed by atoms with Gasteiger partial charge in [-0.25, -0.2) is 4.98 Å². The topological polar surface area (TPSA) is 170 Å². The van der Waals surface area contributed by atoms with Crippen LogP contribution in [0.5, 0.6) is 0 Å². The molecule has 318 valence electrons. The number of hydrogen-bond donors (Lipinski definition) is 5. The van der Waals surface area contributed by atoms with E-state index in [-0.39, 0.29) is 49.3 Å². The summed E-state index contributed by atoms with van der Waals surface area (Å²) in [6, 6.07) is 12.1. The fourth-order valence-corrected chi connectivity index (χ4v) is 8.81. The van der Waals surface area contributed by atoms with E-state index in [2.05, 4.69) is 20.9 Å². The molecular weight excluding hydrogens is 755 g/mol. The molecule has 2 heterocycles. The number of morpholine rings is 1. The number of aliphatic hydroxyl groups is 2. The van der Waals surface area contributed by atoms with Crippen molar-refractivity contribution in [3.05, 3.63) is 64.6 Å². The van der Waals surface area contributed by atoms with Gasteiger partial charge in [0, 0.05) is 37.9 Å². The molecule has 1 saturated heterocycles. The van der Waals surface area contributed by atoms with E-state index in [1.807, 2.05) is 61.7 Å². The molecule has 2 aliphatic rings. The number of ether oxygens (including phenoxy) is 1. The monoisotopic (exact) mass is 819 g/mol. The van der Waals surface area contributed by atoms with Crippen LogP contribution in [-0.4, -0.2) is 100 Å². The first kappa shape index (κ1) is 45.2. The van der Waals surface area contributed by atoms with Crippen molar-refractivity contribution in [2.24, 2.45) is 23.7 Å². The summed E-state index contributed by atoms with van der Waals surface area (Å²) in [7, 11) is 0.